The Hall–Kier alpha value is -2.36. The number of likely N-dealkylation sites (tertiary alicyclic amines) is 1. The maximum atomic E-state index is 12.5. The maximum absolute atomic E-state index is 12.5. The molecule has 2 fully saturated rings. The minimum absolute atomic E-state index is 0.107. The highest BCUT2D eigenvalue weighted by molar-refractivity contribution is 5.97. The van der Waals surface area contributed by atoms with Crippen LogP contribution < -0.4 is 21.3 Å². The maximum Gasteiger partial charge on any atom is 0.407 e. The van der Waals surface area contributed by atoms with Crippen molar-refractivity contribution in [2.24, 2.45) is 5.92 Å². The van der Waals surface area contributed by atoms with Gasteiger partial charge in [0.1, 0.15) is 5.60 Å². The second-order valence-electron chi connectivity index (χ2n) is 8.97. The summed E-state index contributed by atoms with van der Waals surface area (Å²) in [6, 6.07) is -0.779. The number of rotatable bonds is 7. The van der Waals surface area contributed by atoms with E-state index in [0.29, 0.717) is 19.6 Å². The molecular weight excluding hydrogens is 390 g/mol. The molecule has 1 saturated carbocycles. The van der Waals surface area contributed by atoms with Gasteiger partial charge in [0.25, 0.3) is 0 Å². The molecule has 2 aliphatic rings. The fourth-order valence-corrected chi connectivity index (χ4v) is 3.21. The Morgan fingerprint density at radius 1 is 1.07 bits per heavy atom. The summed E-state index contributed by atoms with van der Waals surface area (Å²) in [5, 5.41) is 10.5. The van der Waals surface area contributed by atoms with E-state index in [9.17, 15) is 19.2 Å². The number of nitrogens with one attached hydrogen (secondary N) is 4. The van der Waals surface area contributed by atoms with Gasteiger partial charge in [-0.25, -0.2) is 9.59 Å². The van der Waals surface area contributed by atoms with Crippen LogP contribution in [0.4, 0.5) is 9.59 Å². The van der Waals surface area contributed by atoms with Gasteiger partial charge in [0.15, 0.2) is 0 Å². The first-order chi connectivity index (χ1) is 14.0. The van der Waals surface area contributed by atoms with Crippen molar-refractivity contribution in [2.75, 3.05) is 26.2 Å². The van der Waals surface area contributed by atoms with Crippen LogP contribution in [-0.2, 0) is 14.3 Å². The first kappa shape index (κ1) is 23.9. The molecule has 2 rings (SSSR count). The van der Waals surface area contributed by atoms with Crippen LogP contribution in [0.2, 0.25) is 0 Å². The number of imide groups is 1. The van der Waals surface area contributed by atoms with Gasteiger partial charge in [0.05, 0.1) is 12.0 Å². The van der Waals surface area contributed by atoms with Crippen molar-refractivity contribution < 1.29 is 23.9 Å². The van der Waals surface area contributed by atoms with E-state index in [1.54, 1.807) is 27.7 Å². The summed E-state index contributed by atoms with van der Waals surface area (Å²) in [7, 11) is 0. The monoisotopic (exact) mass is 425 g/mol. The number of urea groups is 1. The molecule has 0 aromatic carbocycles. The lowest BCUT2D eigenvalue weighted by Crippen LogP contribution is -2.53. The van der Waals surface area contributed by atoms with Gasteiger partial charge >= 0.3 is 12.1 Å². The number of hydrogen-bond donors (Lipinski definition) is 4. The number of hydrogen-bond acceptors (Lipinski definition) is 6. The van der Waals surface area contributed by atoms with Gasteiger partial charge in [0, 0.05) is 25.7 Å². The number of carbonyl (C=O) groups is 4. The van der Waals surface area contributed by atoms with Gasteiger partial charge in [-0.3, -0.25) is 19.8 Å². The Bertz CT molecular complexity index is 644. The van der Waals surface area contributed by atoms with Crippen LogP contribution in [0.1, 0.15) is 53.4 Å². The molecule has 1 heterocycles. The summed E-state index contributed by atoms with van der Waals surface area (Å²) in [5.41, 5.74) is -0.569. The standard InChI is InChI=1S/C20H35N5O5/c1-13(16(26)24-18(28)23-15-7-8-15)25-11-5-6-14(12-25)17(27)21-9-10-22-19(29)30-20(2,3)4/h13-15H,5-12H2,1-4H3,(H,21,27)(H,22,29)(H2,23,24,26,28). The van der Waals surface area contributed by atoms with E-state index in [0.717, 1.165) is 25.7 Å². The van der Waals surface area contributed by atoms with Crippen molar-refractivity contribution in [1.82, 2.24) is 26.2 Å². The van der Waals surface area contributed by atoms with Gasteiger partial charge < -0.3 is 20.7 Å². The van der Waals surface area contributed by atoms with Crippen molar-refractivity contribution in [3.05, 3.63) is 0 Å². The molecule has 10 nitrogen and oxygen atoms in total. The third-order valence-corrected chi connectivity index (χ3v) is 4.99. The molecule has 0 spiro atoms. The van der Waals surface area contributed by atoms with E-state index < -0.39 is 23.8 Å². The highest BCUT2D eigenvalue weighted by atomic mass is 16.6. The molecule has 0 radical (unpaired) electrons. The Morgan fingerprint density at radius 2 is 1.73 bits per heavy atom. The highest BCUT2D eigenvalue weighted by Crippen LogP contribution is 2.19. The Labute approximate surface area is 177 Å². The van der Waals surface area contributed by atoms with Crippen LogP contribution in [0.3, 0.4) is 0 Å². The molecule has 10 heteroatoms. The average Bonchev–Trinajstić information content (AvgIpc) is 3.46. The van der Waals surface area contributed by atoms with Crippen molar-refractivity contribution in [2.45, 2.75) is 71.1 Å². The fourth-order valence-electron chi connectivity index (χ4n) is 3.21. The molecule has 0 aromatic rings. The van der Waals surface area contributed by atoms with Gasteiger partial charge in [-0.2, -0.15) is 0 Å². The molecular formula is C20H35N5O5. The molecule has 30 heavy (non-hydrogen) atoms. The normalized spacial score (nSPS) is 20.6. The zero-order valence-electron chi connectivity index (χ0n) is 18.4. The number of amides is 5. The van der Waals surface area contributed by atoms with Gasteiger partial charge in [-0.15, -0.1) is 0 Å². The number of nitrogens with zero attached hydrogens (tertiary/aromatic N) is 1. The summed E-state index contributed by atoms with van der Waals surface area (Å²) >= 11 is 0. The molecule has 1 aliphatic heterocycles. The lowest BCUT2D eigenvalue weighted by atomic mass is 9.96. The van der Waals surface area contributed by atoms with E-state index in [2.05, 4.69) is 21.3 Å². The van der Waals surface area contributed by atoms with E-state index in [-0.39, 0.29) is 30.3 Å². The SMILES string of the molecule is CC(C(=O)NC(=O)NC1CC1)N1CCCC(C(=O)NCCNC(=O)OC(C)(C)C)C1. The van der Waals surface area contributed by atoms with E-state index in [1.807, 2.05) is 4.90 Å². The summed E-state index contributed by atoms with van der Waals surface area (Å²) in [6.07, 6.45) is 2.91. The summed E-state index contributed by atoms with van der Waals surface area (Å²) in [5.74, 6) is -0.712. The predicted molar refractivity (Wildman–Crippen MR) is 111 cm³/mol. The molecule has 170 valence electrons. The van der Waals surface area contributed by atoms with Gasteiger partial charge in [-0.05, 0) is 59.9 Å². The zero-order chi connectivity index (χ0) is 22.3. The smallest absolute Gasteiger partial charge is 0.407 e. The zero-order valence-corrected chi connectivity index (χ0v) is 18.4. The minimum atomic E-state index is -0.569. The second-order valence-corrected chi connectivity index (χ2v) is 8.97. The second kappa shape index (κ2) is 10.6. The van der Waals surface area contributed by atoms with Crippen LogP contribution in [0, 0.1) is 5.92 Å². The predicted octanol–water partition coefficient (Wildman–Crippen LogP) is 0.716. The lowest BCUT2D eigenvalue weighted by molar-refractivity contribution is -0.130. The third-order valence-electron chi connectivity index (χ3n) is 4.99. The van der Waals surface area contributed by atoms with E-state index >= 15 is 0 Å². The molecule has 1 saturated heterocycles. The molecule has 5 amide bonds. The van der Waals surface area contributed by atoms with E-state index in [4.69, 9.17) is 4.74 Å². The summed E-state index contributed by atoms with van der Waals surface area (Å²) < 4.78 is 5.14. The molecule has 0 aromatic heterocycles. The van der Waals surface area contributed by atoms with Gasteiger partial charge in [-0.1, -0.05) is 0 Å². The third kappa shape index (κ3) is 8.56. The average molecular weight is 426 g/mol. The first-order valence-electron chi connectivity index (χ1n) is 10.6. The molecule has 2 atom stereocenters. The quantitative estimate of drug-likeness (QED) is 0.445. The van der Waals surface area contributed by atoms with Crippen molar-refractivity contribution in [1.29, 1.82) is 0 Å². The first-order valence-corrected chi connectivity index (χ1v) is 10.6. The lowest BCUT2D eigenvalue weighted by Gasteiger charge is -2.35. The Morgan fingerprint density at radius 3 is 2.37 bits per heavy atom. The van der Waals surface area contributed by atoms with Crippen LogP contribution >= 0.6 is 0 Å². The Balaban J connectivity index is 1.69. The van der Waals surface area contributed by atoms with Crippen LogP contribution in [0.5, 0.6) is 0 Å². The molecule has 0 bridgehead atoms. The highest BCUT2D eigenvalue weighted by Gasteiger charge is 2.32. The van der Waals surface area contributed by atoms with Gasteiger partial charge in [0.2, 0.25) is 11.8 Å². The van der Waals surface area contributed by atoms with Crippen molar-refractivity contribution in [3.63, 3.8) is 0 Å². The molecule has 4 N–H and O–H groups in total. The Kier molecular flexibility index (Phi) is 8.45. The summed E-state index contributed by atoms with van der Waals surface area (Å²) in [6.45, 7) is 8.80. The number of carbonyl (C=O) groups excluding carboxylic acids is 4. The van der Waals surface area contributed by atoms with Crippen LogP contribution in [0.25, 0.3) is 0 Å². The number of alkyl carbamates (subject to hydrolysis) is 1. The van der Waals surface area contributed by atoms with Crippen molar-refractivity contribution in [3.8, 4) is 0 Å². The number of piperidine rings is 1. The van der Waals surface area contributed by atoms with Crippen LogP contribution in [0.15, 0.2) is 0 Å². The molecule has 2 unspecified atom stereocenters. The topological polar surface area (TPSA) is 129 Å². The van der Waals surface area contributed by atoms with E-state index in [1.165, 1.54) is 0 Å². The fraction of sp³-hybridized carbons (Fsp3) is 0.800. The van der Waals surface area contributed by atoms with Crippen LogP contribution in [-0.4, -0.2) is 72.7 Å². The molecule has 1 aliphatic carbocycles. The number of ether oxygens (including phenoxy) is 1. The summed E-state index contributed by atoms with van der Waals surface area (Å²) in [4.78, 5) is 50.1. The minimum Gasteiger partial charge on any atom is -0.444 e. The van der Waals surface area contributed by atoms with Crippen molar-refractivity contribution >= 4 is 23.9 Å². The largest absolute Gasteiger partial charge is 0.444 e.